The van der Waals surface area contributed by atoms with Crippen molar-refractivity contribution in [3.63, 3.8) is 0 Å². The average Bonchev–Trinajstić information content (AvgIpc) is 3.04. The third kappa shape index (κ3) is 4.49. The van der Waals surface area contributed by atoms with Crippen LogP contribution in [-0.2, 0) is 14.3 Å². The predicted molar refractivity (Wildman–Crippen MR) is 71.6 cm³/mol. The van der Waals surface area contributed by atoms with Crippen molar-refractivity contribution < 1.29 is 19.1 Å². The molecule has 0 bridgehead atoms. The van der Waals surface area contributed by atoms with Gasteiger partial charge in [0.1, 0.15) is 4.88 Å². The molecule has 19 heavy (non-hydrogen) atoms. The van der Waals surface area contributed by atoms with Crippen LogP contribution in [0.5, 0.6) is 0 Å². The molecule has 0 aliphatic carbocycles. The Morgan fingerprint density at radius 3 is 3.00 bits per heavy atom. The second-order valence-corrected chi connectivity index (χ2v) is 5.83. The van der Waals surface area contributed by atoms with Crippen molar-refractivity contribution in [3.05, 3.63) is 21.3 Å². The highest BCUT2D eigenvalue weighted by atomic mass is 35.5. The Hall–Kier alpha value is -1.11. The Labute approximate surface area is 119 Å². The molecule has 0 spiro atoms. The number of carbonyl (C=O) groups excluding carboxylic acids is 2. The standard InChI is InChI=1S/C12H14ClNO4S/c13-10-4-3-9(19-10)12(16)18-7-11(15)14-6-8-2-1-5-17-8/h3-4,8H,1-2,5-7H2,(H,14,15)/t8-/m1/s1. The summed E-state index contributed by atoms with van der Waals surface area (Å²) in [5.74, 6) is -0.865. The van der Waals surface area contributed by atoms with Gasteiger partial charge in [-0.15, -0.1) is 11.3 Å². The Bertz CT molecular complexity index is 456. The van der Waals surface area contributed by atoms with Gasteiger partial charge in [0.15, 0.2) is 6.61 Å². The first kappa shape index (κ1) is 14.3. The molecular formula is C12H14ClNO4S. The van der Waals surface area contributed by atoms with Crippen molar-refractivity contribution >= 4 is 34.8 Å². The zero-order valence-corrected chi connectivity index (χ0v) is 11.8. The molecule has 1 aliphatic rings. The van der Waals surface area contributed by atoms with Gasteiger partial charge in [-0.3, -0.25) is 4.79 Å². The first-order valence-electron chi connectivity index (χ1n) is 5.96. The number of carbonyl (C=O) groups is 2. The third-order valence-corrected chi connectivity index (χ3v) is 3.87. The topological polar surface area (TPSA) is 64.6 Å². The van der Waals surface area contributed by atoms with E-state index in [-0.39, 0.29) is 18.6 Å². The summed E-state index contributed by atoms with van der Waals surface area (Å²) >= 11 is 6.83. The number of esters is 1. The van der Waals surface area contributed by atoms with Gasteiger partial charge in [0.2, 0.25) is 0 Å². The maximum atomic E-state index is 11.5. The molecule has 2 heterocycles. The van der Waals surface area contributed by atoms with Gasteiger partial charge in [0.05, 0.1) is 10.4 Å². The number of hydrogen-bond donors (Lipinski definition) is 1. The van der Waals surface area contributed by atoms with E-state index in [2.05, 4.69) is 5.32 Å². The van der Waals surface area contributed by atoms with Crippen LogP contribution in [0.1, 0.15) is 22.5 Å². The van der Waals surface area contributed by atoms with Crippen LogP contribution in [-0.4, -0.2) is 37.7 Å². The molecule has 1 atom stereocenters. The number of hydrogen-bond acceptors (Lipinski definition) is 5. The Morgan fingerprint density at radius 1 is 1.53 bits per heavy atom. The monoisotopic (exact) mass is 303 g/mol. The van der Waals surface area contributed by atoms with E-state index in [0.29, 0.717) is 15.8 Å². The van der Waals surface area contributed by atoms with Crippen molar-refractivity contribution in [2.45, 2.75) is 18.9 Å². The van der Waals surface area contributed by atoms with Gasteiger partial charge in [-0.25, -0.2) is 4.79 Å². The summed E-state index contributed by atoms with van der Waals surface area (Å²) in [5, 5.41) is 2.67. The maximum absolute atomic E-state index is 11.5. The molecule has 1 N–H and O–H groups in total. The molecule has 1 aliphatic heterocycles. The molecule has 1 aromatic rings. The van der Waals surface area contributed by atoms with Crippen molar-refractivity contribution in [1.82, 2.24) is 5.32 Å². The van der Waals surface area contributed by atoms with Crippen molar-refractivity contribution in [2.24, 2.45) is 0 Å². The van der Waals surface area contributed by atoms with Gasteiger partial charge >= 0.3 is 5.97 Å². The van der Waals surface area contributed by atoms with Crippen LogP contribution < -0.4 is 5.32 Å². The predicted octanol–water partition coefficient (Wildman–Crippen LogP) is 1.85. The summed E-state index contributed by atoms with van der Waals surface area (Å²) in [6, 6.07) is 3.18. The summed E-state index contributed by atoms with van der Waals surface area (Å²) in [4.78, 5) is 23.4. The fraction of sp³-hybridized carbons (Fsp3) is 0.500. The molecule has 0 unspecified atom stereocenters. The largest absolute Gasteiger partial charge is 0.451 e. The highest BCUT2D eigenvalue weighted by Gasteiger charge is 2.17. The fourth-order valence-corrected chi connectivity index (χ4v) is 2.65. The van der Waals surface area contributed by atoms with Crippen LogP contribution in [0.4, 0.5) is 0 Å². The molecule has 1 amide bonds. The normalized spacial score (nSPS) is 18.3. The van der Waals surface area contributed by atoms with Gasteiger partial charge in [-0.2, -0.15) is 0 Å². The fourth-order valence-electron chi connectivity index (χ4n) is 1.71. The first-order valence-corrected chi connectivity index (χ1v) is 7.15. The molecule has 7 heteroatoms. The van der Waals surface area contributed by atoms with E-state index in [9.17, 15) is 9.59 Å². The van der Waals surface area contributed by atoms with E-state index in [1.165, 1.54) is 0 Å². The SMILES string of the molecule is O=C(COC(=O)c1ccc(Cl)s1)NC[C@H]1CCCO1. The molecular weight excluding hydrogens is 290 g/mol. The number of nitrogens with one attached hydrogen (secondary N) is 1. The van der Waals surface area contributed by atoms with Crippen LogP contribution in [0.2, 0.25) is 4.34 Å². The first-order chi connectivity index (χ1) is 9.15. The van der Waals surface area contributed by atoms with Crippen LogP contribution in [0.3, 0.4) is 0 Å². The van der Waals surface area contributed by atoms with Crippen LogP contribution in [0.25, 0.3) is 0 Å². The van der Waals surface area contributed by atoms with E-state index < -0.39 is 5.97 Å². The van der Waals surface area contributed by atoms with Gasteiger partial charge in [0, 0.05) is 13.2 Å². The third-order valence-electron chi connectivity index (χ3n) is 2.66. The van der Waals surface area contributed by atoms with Crippen LogP contribution in [0.15, 0.2) is 12.1 Å². The van der Waals surface area contributed by atoms with Crippen molar-refractivity contribution in [1.29, 1.82) is 0 Å². The van der Waals surface area contributed by atoms with E-state index in [4.69, 9.17) is 21.1 Å². The van der Waals surface area contributed by atoms with Gasteiger partial charge in [-0.05, 0) is 25.0 Å². The van der Waals surface area contributed by atoms with E-state index in [1.807, 2.05) is 0 Å². The molecule has 0 aromatic carbocycles. The number of thiophene rings is 1. The second kappa shape index (κ2) is 6.88. The summed E-state index contributed by atoms with van der Waals surface area (Å²) in [6.45, 7) is 0.914. The van der Waals surface area contributed by atoms with Gasteiger partial charge < -0.3 is 14.8 Å². The summed E-state index contributed by atoms with van der Waals surface area (Å²) in [6.07, 6.45) is 2.05. The highest BCUT2D eigenvalue weighted by molar-refractivity contribution is 7.17. The Kier molecular flexibility index (Phi) is 5.18. The zero-order valence-electron chi connectivity index (χ0n) is 10.2. The van der Waals surface area contributed by atoms with E-state index in [0.717, 1.165) is 30.8 Å². The number of rotatable bonds is 5. The lowest BCUT2D eigenvalue weighted by atomic mass is 10.2. The summed E-state index contributed by atoms with van der Waals surface area (Å²) < 4.78 is 10.8. The molecule has 0 radical (unpaired) electrons. The lowest BCUT2D eigenvalue weighted by molar-refractivity contribution is -0.124. The Morgan fingerprint density at radius 2 is 2.37 bits per heavy atom. The van der Waals surface area contributed by atoms with Crippen molar-refractivity contribution in [2.75, 3.05) is 19.8 Å². The minimum absolute atomic E-state index is 0.0794. The lowest BCUT2D eigenvalue weighted by Crippen LogP contribution is -2.34. The molecule has 2 rings (SSSR count). The molecule has 1 aromatic heterocycles. The van der Waals surface area contributed by atoms with Crippen LogP contribution in [0, 0.1) is 0 Å². The van der Waals surface area contributed by atoms with Gasteiger partial charge in [0.25, 0.3) is 5.91 Å². The molecule has 0 saturated carbocycles. The number of amides is 1. The zero-order chi connectivity index (χ0) is 13.7. The minimum Gasteiger partial charge on any atom is -0.451 e. The number of halogens is 1. The average molecular weight is 304 g/mol. The van der Waals surface area contributed by atoms with E-state index >= 15 is 0 Å². The lowest BCUT2D eigenvalue weighted by Gasteiger charge is -2.10. The Balaban J connectivity index is 1.66. The van der Waals surface area contributed by atoms with Crippen molar-refractivity contribution in [3.8, 4) is 0 Å². The summed E-state index contributed by atoms with van der Waals surface area (Å²) in [7, 11) is 0. The molecule has 104 valence electrons. The minimum atomic E-state index is -0.538. The summed E-state index contributed by atoms with van der Waals surface area (Å²) in [5.41, 5.74) is 0. The second-order valence-electron chi connectivity index (χ2n) is 4.12. The maximum Gasteiger partial charge on any atom is 0.348 e. The smallest absolute Gasteiger partial charge is 0.348 e. The van der Waals surface area contributed by atoms with E-state index in [1.54, 1.807) is 12.1 Å². The molecule has 5 nitrogen and oxygen atoms in total. The quantitative estimate of drug-likeness (QED) is 0.843. The highest BCUT2D eigenvalue weighted by Crippen LogP contribution is 2.21. The molecule has 1 fully saturated rings. The molecule has 1 saturated heterocycles. The van der Waals surface area contributed by atoms with Crippen LogP contribution >= 0.6 is 22.9 Å². The van der Waals surface area contributed by atoms with Gasteiger partial charge in [-0.1, -0.05) is 11.6 Å². The number of ether oxygens (including phenoxy) is 2.